The van der Waals surface area contributed by atoms with Gasteiger partial charge in [0.1, 0.15) is 24.1 Å². The SMILES string of the molecule is CCNC(=O)C(C)N(Cc1ccccc1)C(=O)CN(c1cc(OC)ccc1OC)S(=O)(=O)c1ccc(C)cc1. The minimum absolute atomic E-state index is 0.0113. The summed E-state index contributed by atoms with van der Waals surface area (Å²) < 4.78 is 39.9. The van der Waals surface area contributed by atoms with Gasteiger partial charge in [0, 0.05) is 19.2 Å². The Hall–Kier alpha value is -4.05. The third-order valence-corrected chi connectivity index (χ3v) is 8.03. The third kappa shape index (κ3) is 7.08. The summed E-state index contributed by atoms with van der Waals surface area (Å²) in [4.78, 5) is 28.1. The Morgan fingerprint density at radius 2 is 1.62 bits per heavy atom. The molecule has 1 atom stereocenters. The number of amides is 2. The van der Waals surface area contributed by atoms with Crippen LogP contribution in [0.4, 0.5) is 5.69 Å². The van der Waals surface area contributed by atoms with E-state index in [1.165, 1.54) is 37.3 Å². The molecule has 2 amide bonds. The highest BCUT2D eigenvalue weighted by Crippen LogP contribution is 2.36. The molecule has 0 aliphatic heterocycles. The molecule has 1 unspecified atom stereocenters. The number of benzene rings is 3. The van der Waals surface area contributed by atoms with Crippen LogP contribution in [0, 0.1) is 6.92 Å². The number of nitrogens with one attached hydrogen (secondary N) is 1. The molecule has 1 N–H and O–H groups in total. The third-order valence-electron chi connectivity index (χ3n) is 6.26. The summed E-state index contributed by atoms with van der Waals surface area (Å²) in [6, 6.07) is 19.5. The smallest absolute Gasteiger partial charge is 0.264 e. The maximum Gasteiger partial charge on any atom is 0.264 e. The molecular formula is C29H35N3O6S. The molecule has 3 rings (SSSR count). The van der Waals surface area contributed by atoms with Crippen LogP contribution in [-0.4, -0.2) is 58.5 Å². The minimum atomic E-state index is -4.24. The van der Waals surface area contributed by atoms with Gasteiger partial charge in [-0.2, -0.15) is 0 Å². The summed E-state index contributed by atoms with van der Waals surface area (Å²) in [6.45, 7) is 5.20. The lowest BCUT2D eigenvalue weighted by atomic mass is 10.1. The molecule has 0 bridgehead atoms. The molecule has 0 saturated carbocycles. The molecule has 0 fully saturated rings. The number of rotatable bonds is 12. The molecule has 39 heavy (non-hydrogen) atoms. The Kier molecular flexibility index (Phi) is 9.95. The predicted molar refractivity (Wildman–Crippen MR) is 150 cm³/mol. The minimum Gasteiger partial charge on any atom is -0.497 e. The van der Waals surface area contributed by atoms with Crippen molar-refractivity contribution in [1.29, 1.82) is 0 Å². The molecule has 3 aromatic carbocycles. The number of methoxy groups -OCH3 is 2. The van der Waals surface area contributed by atoms with Crippen molar-refractivity contribution in [2.75, 3.05) is 31.6 Å². The summed E-state index contributed by atoms with van der Waals surface area (Å²) in [5, 5.41) is 2.74. The normalized spacial score (nSPS) is 11.8. The molecule has 9 nitrogen and oxygen atoms in total. The summed E-state index contributed by atoms with van der Waals surface area (Å²) in [7, 11) is -1.35. The highest BCUT2D eigenvalue weighted by Gasteiger charge is 2.34. The highest BCUT2D eigenvalue weighted by atomic mass is 32.2. The van der Waals surface area contributed by atoms with E-state index >= 15 is 0 Å². The van der Waals surface area contributed by atoms with Crippen molar-refractivity contribution in [2.45, 2.75) is 38.3 Å². The van der Waals surface area contributed by atoms with E-state index in [1.807, 2.05) is 37.3 Å². The number of hydrogen-bond donors (Lipinski definition) is 1. The van der Waals surface area contributed by atoms with Crippen molar-refractivity contribution in [2.24, 2.45) is 0 Å². The largest absolute Gasteiger partial charge is 0.497 e. The van der Waals surface area contributed by atoms with Gasteiger partial charge in [-0.15, -0.1) is 0 Å². The van der Waals surface area contributed by atoms with Crippen LogP contribution in [0.2, 0.25) is 0 Å². The number of carbonyl (C=O) groups excluding carboxylic acids is 2. The first-order valence-electron chi connectivity index (χ1n) is 12.5. The van der Waals surface area contributed by atoms with Crippen LogP contribution in [0.15, 0.2) is 77.7 Å². The van der Waals surface area contributed by atoms with E-state index in [9.17, 15) is 18.0 Å². The van der Waals surface area contributed by atoms with Crippen LogP contribution < -0.4 is 19.1 Å². The molecule has 0 saturated heterocycles. The standard InChI is InChI=1S/C29H35N3O6S/c1-6-30-29(34)22(3)31(19-23-10-8-7-9-11-23)28(33)20-32(26-18-24(37-4)14-17-27(26)38-5)39(35,36)25-15-12-21(2)13-16-25/h7-18,22H,6,19-20H2,1-5H3,(H,30,34). The average Bonchev–Trinajstić information content (AvgIpc) is 2.94. The van der Waals surface area contributed by atoms with Crippen molar-refractivity contribution < 1.29 is 27.5 Å². The van der Waals surface area contributed by atoms with Crippen molar-refractivity contribution in [1.82, 2.24) is 10.2 Å². The number of likely N-dealkylation sites (N-methyl/N-ethyl adjacent to an activating group) is 1. The maximum atomic E-state index is 14.0. The van der Waals surface area contributed by atoms with E-state index in [4.69, 9.17) is 9.47 Å². The number of aryl methyl sites for hydroxylation is 1. The number of nitrogens with zero attached hydrogens (tertiary/aromatic N) is 2. The molecule has 0 aliphatic carbocycles. The number of ether oxygens (including phenoxy) is 2. The molecule has 0 aliphatic rings. The summed E-state index contributed by atoms with van der Waals surface area (Å²) in [5.41, 5.74) is 1.82. The zero-order valence-electron chi connectivity index (χ0n) is 22.9. The van der Waals surface area contributed by atoms with Gasteiger partial charge in [0.05, 0.1) is 24.8 Å². The van der Waals surface area contributed by atoms with Gasteiger partial charge >= 0.3 is 0 Å². The monoisotopic (exact) mass is 553 g/mol. The Morgan fingerprint density at radius 3 is 2.21 bits per heavy atom. The average molecular weight is 554 g/mol. The topological polar surface area (TPSA) is 105 Å². The predicted octanol–water partition coefficient (Wildman–Crippen LogP) is 3.76. The van der Waals surface area contributed by atoms with Crippen LogP contribution in [-0.2, 0) is 26.2 Å². The van der Waals surface area contributed by atoms with Gasteiger partial charge in [-0.3, -0.25) is 13.9 Å². The van der Waals surface area contributed by atoms with Crippen molar-refractivity contribution in [3.8, 4) is 11.5 Å². The van der Waals surface area contributed by atoms with E-state index in [0.717, 1.165) is 15.4 Å². The maximum absolute atomic E-state index is 14.0. The summed E-state index contributed by atoms with van der Waals surface area (Å²) in [5.74, 6) is -0.267. The Labute approximate surface area is 230 Å². The second-order valence-electron chi connectivity index (χ2n) is 8.94. The fourth-order valence-electron chi connectivity index (χ4n) is 4.03. The second kappa shape index (κ2) is 13.1. The van der Waals surface area contributed by atoms with Crippen LogP contribution in [0.1, 0.15) is 25.0 Å². The zero-order chi connectivity index (χ0) is 28.6. The molecule has 0 spiro atoms. The second-order valence-corrected chi connectivity index (χ2v) is 10.8. The molecule has 0 radical (unpaired) electrons. The van der Waals surface area contributed by atoms with E-state index in [-0.39, 0.29) is 28.8 Å². The lowest BCUT2D eigenvalue weighted by molar-refractivity contribution is -0.139. The molecule has 10 heteroatoms. The quantitative estimate of drug-likeness (QED) is 0.366. The highest BCUT2D eigenvalue weighted by molar-refractivity contribution is 7.92. The number of anilines is 1. The number of hydrogen-bond acceptors (Lipinski definition) is 6. The van der Waals surface area contributed by atoms with E-state index in [2.05, 4.69) is 5.32 Å². The molecule has 0 heterocycles. The first-order chi connectivity index (χ1) is 18.6. The summed E-state index contributed by atoms with van der Waals surface area (Å²) in [6.07, 6.45) is 0. The van der Waals surface area contributed by atoms with Crippen molar-refractivity contribution in [3.63, 3.8) is 0 Å². The fourth-order valence-corrected chi connectivity index (χ4v) is 5.44. The molecule has 0 aromatic heterocycles. The van der Waals surface area contributed by atoms with Crippen LogP contribution in [0.25, 0.3) is 0 Å². The van der Waals surface area contributed by atoms with Gasteiger partial charge in [0.2, 0.25) is 11.8 Å². The van der Waals surface area contributed by atoms with Crippen LogP contribution >= 0.6 is 0 Å². The van der Waals surface area contributed by atoms with Crippen molar-refractivity contribution in [3.05, 3.63) is 83.9 Å². The fraction of sp³-hybridized carbons (Fsp3) is 0.310. The van der Waals surface area contributed by atoms with Gasteiger partial charge in [0.15, 0.2) is 0 Å². The lowest BCUT2D eigenvalue weighted by Gasteiger charge is -2.32. The summed E-state index contributed by atoms with van der Waals surface area (Å²) >= 11 is 0. The van der Waals surface area contributed by atoms with E-state index in [1.54, 1.807) is 38.1 Å². The number of carbonyl (C=O) groups is 2. The van der Waals surface area contributed by atoms with Gasteiger partial charge < -0.3 is 19.7 Å². The van der Waals surface area contributed by atoms with Gasteiger partial charge in [0.25, 0.3) is 10.0 Å². The van der Waals surface area contributed by atoms with Crippen molar-refractivity contribution >= 4 is 27.5 Å². The zero-order valence-corrected chi connectivity index (χ0v) is 23.7. The first-order valence-corrected chi connectivity index (χ1v) is 14.0. The molecule has 208 valence electrons. The Balaban J connectivity index is 2.11. The van der Waals surface area contributed by atoms with E-state index in [0.29, 0.717) is 12.3 Å². The molecular weight excluding hydrogens is 518 g/mol. The van der Waals surface area contributed by atoms with Gasteiger partial charge in [-0.25, -0.2) is 8.42 Å². The van der Waals surface area contributed by atoms with E-state index < -0.39 is 28.5 Å². The Bertz CT molecular complexity index is 1380. The first kappa shape index (κ1) is 29.5. The number of sulfonamides is 1. The molecule has 3 aromatic rings. The lowest BCUT2D eigenvalue weighted by Crippen LogP contribution is -2.51. The van der Waals surface area contributed by atoms with Crippen LogP contribution in [0.5, 0.6) is 11.5 Å². The van der Waals surface area contributed by atoms with Crippen LogP contribution in [0.3, 0.4) is 0 Å². The van der Waals surface area contributed by atoms with Gasteiger partial charge in [-0.05, 0) is 50.6 Å². The van der Waals surface area contributed by atoms with Gasteiger partial charge in [-0.1, -0.05) is 48.0 Å². The Morgan fingerprint density at radius 1 is 0.949 bits per heavy atom.